The van der Waals surface area contributed by atoms with E-state index in [1.807, 2.05) is 11.8 Å². The van der Waals surface area contributed by atoms with Crippen LogP contribution in [-0.2, 0) is 14.3 Å². The number of nitrogens with zero attached hydrogens (tertiary/aromatic N) is 1. The summed E-state index contributed by atoms with van der Waals surface area (Å²) in [6, 6.07) is 0. The maximum atomic E-state index is 12.0. The summed E-state index contributed by atoms with van der Waals surface area (Å²) in [5, 5.41) is 7.75. The molecule has 17 heavy (non-hydrogen) atoms. The monoisotopic (exact) mass is 242 g/mol. The van der Waals surface area contributed by atoms with E-state index in [1.165, 1.54) is 0 Å². The molecule has 0 aromatic heterocycles. The zero-order chi connectivity index (χ0) is 12.7. The van der Waals surface area contributed by atoms with Crippen molar-refractivity contribution in [2.24, 2.45) is 5.92 Å². The van der Waals surface area contributed by atoms with Gasteiger partial charge in [0.1, 0.15) is 0 Å². The Kier molecular flexibility index (Phi) is 6.15. The van der Waals surface area contributed by atoms with Crippen LogP contribution in [0.15, 0.2) is 0 Å². The summed E-state index contributed by atoms with van der Waals surface area (Å²) in [6.45, 7) is 5.11. The van der Waals surface area contributed by atoms with E-state index in [4.69, 9.17) is 14.9 Å². The molecule has 1 rings (SSSR count). The number of hydrogen-bond acceptors (Lipinski definition) is 4. The smallest absolute Gasteiger partial charge is 0.231 e. The molecule has 0 aromatic carbocycles. The quantitative estimate of drug-likeness (QED) is 0.508. The van der Waals surface area contributed by atoms with Gasteiger partial charge in [-0.2, -0.15) is 0 Å². The fourth-order valence-corrected chi connectivity index (χ4v) is 2.04. The molecule has 0 aliphatic carbocycles. The average molecular weight is 242 g/mol. The lowest BCUT2D eigenvalue weighted by molar-refractivity contribution is -0.129. The predicted octanol–water partition coefficient (Wildman–Crippen LogP) is 0.928. The van der Waals surface area contributed by atoms with E-state index < -0.39 is 0 Å². The number of amides is 1. The highest BCUT2D eigenvalue weighted by Gasteiger charge is 2.33. The van der Waals surface area contributed by atoms with Crippen molar-refractivity contribution in [2.45, 2.75) is 19.8 Å². The Balaban J connectivity index is 2.31. The van der Waals surface area contributed by atoms with Gasteiger partial charge >= 0.3 is 0 Å². The third-order valence-electron chi connectivity index (χ3n) is 2.94. The molecule has 5 heteroatoms. The van der Waals surface area contributed by atoms with Gasteiger partial charge in [0.05, 0.1) is 12.5 Å². The minimum atomic E-state index is -0.262. The Labute approximate surface area is 103 Å². The minimum Gasteiger partial charge on any atom is -0.382 e. The van der Waals surface area contributed by atoms with Gasteiger partial charge in [-0.3, -0.25) is 4.79 Å². The van der Waals surface area contributed by atoms with Crippen LogP contribution in [0.4, 0.5) is 0 Å². The summed E-state index contributed by atoms with van der Waals surface area (Å²) in [5.74, 6) is -0.189. The molecule has 1 amide bonds. The lowest BCUT2D eigenvalue weighted by atomic mass is 10.0. The van der Waals surface area contributed by atoms with Crippen molar-refractivity contribution in [2.75, 3.05) is 40.0 Å². The molecule has 1 unspecified atom stereocenters. The largest absolute Gasteiger partial charge is 0.382 e. The van der Waals surface area contributed by atoms with E-state index in [9.17, 15) is 4.79 Å². The van der Waals surface area contributed by atoms with Crippen LogP contribution in [-0.4, -0.2) is 56.5 Å². The summed E-state index contributed by atoms with van der Waals surface area (Å²) in [6.07, 6.45) is 1.61. The van der Waals surface area contributed by atoms with Gasteiger partial charge in [-0.15, -0.1) is 0 Å². The highest BCUT2D eigenvalue weighted by Crippen LogP contribution is 2.19. The zero-order valence-corrected chi connectivity index (χ0v) is 10.7. The average Bonchev–Trinajstić information content (AvgIpc) is 2.67. The van der Waals surface area contributed by atoms with Crippen LogP contribution in [0.3, 0.4) is 0 Å². The second-order valence-electron chi connectivity index (χ2n) is 4.18. The van der Waals surface area contributed by atoms with E-state index in [1.54, 1.807) is 7.11 Å². The Morgan fingerprint density at radius 2 is 2.35 bits per heavy atom. The summed E-state index contributed by atoms with van der Waals surface area (Å²) in [4.78, 5) is 13.8. The first kappa shape index (κ1) is 14.1. The van der Waals surface area contributed by atoms with Crippen molar-refractivity contribution >= 4 is 11.6 Å². The maximum Gasteiger partial charge on any atom is 0.231 e. The number of rotatable bonds is 8. The van der Waals surface area contributed by atoms with Gasteiger partial charge in [-0.25, -0.2) is 0 Å². The van der Waals surface area contributed by atoms with Gasteiger partial charge in [0.2, 0.25) is 5.91 Å². The molecular formula is C12H22N2O3. The van der Waals surface area contributed by atoms with Crippen molar-refractivity contribution < 1.29 is 14.3 Å². The highest BCUT2D eigenvalue weighted by molar-refractivity contribution is 6.04. The van der Waals surface area contributed by atoms with E-state index in [0.717, 1.165) is 32.5 Å². The number of likely N-dealkylation sites (tertiary alicyclic amines) is 1. The first-order valence-corrected chi connectivity index (χ1v) is 6.13. The van der Waals surface area contributed by atoms with Crippen LogP contribution >= 0.6 is 0 Å². The predicted molar refractivity (Wildman–Crippen MR) is 65.4 cm³/mol. The van der Waals surface area contributed by atoms with E-state index >= 15 is 0 Å². The van der Waals surface area contributed by atoms with Crippen molar-refractivity contribution in [3.63, 3.8) is 0 Å². The summed E-state index contributed by atoms with van der Waals surface area (Å²) >= 11 is 0. The Hall–Kier alpha value is -0.940. The van der Waals surface area contributed by atoms with Crippen molar-refractivity contribution in [1.29, 1.82) is 5.41 Å². The molecule has 1 aliphatic heterocycles. The minimum absolute atomic E-state index is 0.0727. The number of carbonyl (C=O) groups is 1. The molecule has 98 valence electrons. The molecule has 0 spiro atoms. The van der Waals surface area contributed by atoms with Crippen molar-refractivity contribution in [3.8, 4) is 0 Å². The fourth-order valence-electron chi connectivity index (χ4n) is 2.04. The molecule has 1 aliphatic rings. The fraction of sp³-hybridized carbons (Fsp3) is 0.833. The molecule has 1 saturated heterocycles. The molecule has 1 N–H and O–H groups in total. The topological polar surface area (TPSA) is 62.6 Å². The van der Waals surface area contributed by atoms with Crippen LogP contribution in [0.1, 0.15) is 19.8 Å². The van der Waals surface area contributed by atoms with Crippen molar-refractivity contribution in [1.82, 2.24) is 4.90 Å². The lowest BCUT2D eigenvalue weighted by Crippen LogP contribution is -2.32. The molecular weight excluding hydrogens is 220 g/mol. The highest BCUT2D eigenvalue weighted by atomic mass is 16.5. The molecule has 0 radical (unpaired) electrons. The van der Waals surface area contributed by atoms with Crippen LogP contribution in [0.5, 0.6) is 0 Å². The molecule has 5 nitrogen and oxygen atoms in total. The molecule has 0 aromatic rings. The van der Waals surface area contributed by atoms with Gasteiger partial charge in [-0.1, -0.05) is 0 Å². The molecule has 0 bridgehead atoms. The normalized spacial score (nSPS) is 20.0. The number of hydrogen-bond donors (Lipinski definition) is 1. The Morgan fingerprint density at radius 1 is 1.59 bits per heavy atom. The zero-order valence-electron chi connectivity index (χ0n) is 10.7. The van der Waals surface area contributed by atoms with Crippen LogP contribution in [0.25, 0.3) is 0 Å². The van der Waals surface area contributed by atoms with Gasteiger partial charge < -0.3 is 19.8 Å². The van der Waals surface area contributed by atoms with Gasteiger partial charge in [0, 0.05) is 39.1 Å². The Bertz CT molecular complexity index is 268. The summed E-state index contributed by atoms with van der Waals surface area (Å²) < 4.78 is 10.1. The Morgan fingerprint density at radius 3 is 3.00 bits per heavy atom. The van der Waals surface area contributed by atoms with Gasteiger partial charge in [0.15, 0.2) is 0 Å². The molecule has 1 atom stereocenters. The number of nitrogens with one attached hydrogen (secondary N) is 1. The van der Waals surface area contributed by atoms with E-state index in [2.05, 4.69) is 0 Å². The van der Waals surface area contributed by atoms with Crippen LogP contribution in [0, 0.1) is 11.3 Å². The third kappa shape index (κ3) is 4.09. The van der Waals surface area contributed by atoms with Crippen LogP contribution < -0.4 is 0 Å². The third-order valence-corrected chi connectivity index (χ3v) is 2.94. The number of ether oxygens (including phenoxy) is 2. The molecule has 1 heterocycles. The number of carbonyl (C=O) groups excluding carboxylic acids is 1. The van der Waals surface area contributed by atoms with E-state index in [-0.39, 0.29) is 18.4 Å². The van der Waals surface area contributed by atoms with Crippen molar-refractivity contribution in [3.05, 3.63) is 0 Å². The standard InChI is InChI=1S/C12H22N2O3/c1-3-17-8-4-6-14-7-5-10(12(14)15)11(13)9-16-2/h10,13H,3-9H2,1-2H3. The second-order valence-corrected chi connectivity index (χ2v) is 4.18. The summed E-state index contributed by atoms with van der Waals surface area (Å²) in [5.41, 5.74) is 0.393. The number of methoxy groups -OCH3 is 1. The van der Waals surface area contributed by atoms with E-state index in [0.29, 0.717) is 12.3 Å². The van der Waals surface area contributed by atoms with Gasteiger partial charge in [-0.05, 0) is 19.8 Å². The summed E-state index contributed by atoms with van der Waals surface area (Å²) in [7, 11) is 1.55. The van der Waals surface area contributed by atoms with Crippen LogP contribution in [0.2, 0.25) is 0 Å². The molecule has 0 saturated carbocycles. The molecule has 1 fully saturated rings. The maximum absolute atomic E-state index is 12.0. The first-order chi connectivity index (χ1) is 8.20. The van der Waals surface area contributed by atoms with Gasteiger partial charge in [0.25, 0.3) is 0 Å². The lowest BCUT2D eigenvalue weighted by Gasteiger charge is -2.16. The SMILES string of the molecule is CCOCCCN1CCC(C(=N)COC)C1=O. The first-order valence-electron chi connectivity index (χ1n) is 6.13. The second kappa shape index (κ2) is 7.40.